The molecule has 0 aliphatic heterocycles. The van der Waals surface area contributed by atoms with Gasteiger partial charge in [0, 0.05) is 0 Å². The summed E-state index contributed by atoms with van der Waals surface area (Å²) in [5, 5.41) is 10.1. The first kappa shape index (κ1) is 15.6. The summed E-state index contributed by atoms with van der Waals surface area (Å²) in [7, 11) is 0. The fourth-order valence-electron chi connectivity index (χ4n) is 1.81. The van der Waals surface area contributed by atoms with Gasteiger partial charge in [-0.05, 0) is 32.6 Å². The zero-order valence-corrected chi connectivity index (χ0v) is 11.2. The summed E-state index contributed by atoms with van der Waals surface area (Å²) in [6, 6.07) is 0. The number of aliphatic hydroxyl groups is 1. The van der Waals surface area contributed by atoms with Crippen LogP contribution in [0.25, 0.3) is 0 Å². The van der Waals surface area contributed by atoms with Gasteiger partial charge in [0.1, 0.15) is 11.7 Å². The van der Waals surface area contributed by atoms with E-state index in [1.807, 2.05) is 27.7 Å². The van der Waals surface area contributed by atoms with Crippen molar-refractivity contribution < 1.29 is 14.6 Å². The highest BCUT2D eigenvalue weighted by Crippen LogP contribution is 2.20. The second-order valence-electron chi connectivity index (χ2n) is 4.32. The quantitative estimate of drug-likeness (QED) is 0.697. The minimum absolute atomic E-state index is 0.108. The maximum Gasteiger partial charge on any atom is 0.192 e. The second-order valence-corrected chi connectivity index (χ2v) is 4.32. The number of rotatable bonds is 8. The number of carbonyl (C=O) groups is 1. The average Bonchev–Trinajstić information content (AvgIpc) is 2.33. The molecule has 3 heteroatoms. The van der Waals surface area contributed by atoms with Gasteiger partial charge >= 0.3 is 0 Å². The van der Waals surface area contributed by atoms with Crippen LogP contribution in [0.15, 0.2) is 0 Å². The molecular weight excluding hydrogens is 204 g/mol. The predicted molar refractivity (Wildman–Crippen MR) is 65.5 cm³/mol. The molecule has 0 aromatic heterocycles. The van der Waals surface area contributed by atoms with E-state index >= 15 is 0 Å². The molecule has 96 valence electrons. The van der Waals surface area contributed by atoms with Crippen LogP contribution in [0.2, 0.25) is 0 Å². The number of hydrogen-bond donors (Lipinski definition) is 1. The van der Waals surface area contributed by atoms with Crippen LogP contribution < -0.4 is 0 Å². The molecule has 0 saturated heterocycles. The molecule has 1 atom stereocenters. The third-order valence-corrected chi connectivity index (χ3v) is 3.30. The highest BCUT2D eigenvalue weighted by atomic mass is 16.5. The molecule has 0 bridgehead atoms. The maximum absolute atomic E-state index is 12.0. The fraction of sp³-hybridized carbons (Fsp3) is 0.923. The average molecular weight is 230 g/mol. The number of ketones is 1. The summed E-state index contributed by atoms with van der Waals surface area (Å²) in [5.41, 5.74) is -1.22. The monoisotopic (exact) mass is 230 g/mol. The third kappa shape index (κ3) is 3.87. The zero-order chi connectivity index (χ0) is 12.8. The van der Waals surface area contributed by atoms with Gasteiger partial charge in [0.25, 0.3) is 0 Å². The van der Waals surface area contributed by atoms with Crippen molar-refractivity contribution in [3.63, 3.8) is 0 Å². The standard InChI is InChI=1S/C13H26O3/c1-6-11(7-2)16-10(5)12(14)13(15,8-3)9-4/h10-11,15H,6-9H2,1-5H3. The molecule has 1 unspecified atom stereocenters. The van der Waals surface area contributed by atoms with E-state index in [0.29, 0.717) is 12.8 Å². The van der Waals surface area contributed by atoms with E-state index in [9.17, 15) is 9.90 Å². The van der Waals surface area contributed by atoms with Crippen LogP contribution in [0.1, 0.15) is 60.3 Å². The minimum atomic E-state index is -1.22. The van der Waals surface area contributed by atoms with E-state index in [-0.39, 0.29) is 11.9 Å². The topological polar surface area (TPSA) is 46.5 Å². The summed E-state index contributed by atoms with van der Waals surface area (Å²) in [4.78, 5) is 12.0. The van der Waals surface area contributed by atoms with E-state index in [1.54, 1.807) is 6.92 Å². The lowest BCUT2D eigenvalue weighted by atomic mass is 9.89. The summed E-state index contributed by atoms with van der Waals surface area (Å²) in [6.45, 7) is 9.46. The Kier molecular flexibility index (Phi) is 6.84. The van der Waals surface area contributed by atoms with E-state index < -0.39 is 11.7 Å². The van der Waals surface area contributed by atoms with Crippen molar-refractivity contribution >= 4 is 5.78 Å². The first-order valence-electron chi connectivity index (χ1n) is 6.37. The van der Waals surface area contributed by atoms with E-state index in [0.717, 1.165) is 12.8 Å². The molecule has 1 N–H and O–H groups in total. The summed E-state index contributed by atoms with van der Waals surface area (Å²) < 4.78 is 5.65. The Morgan fingerprint density at radius 1 is 1.19 bits per heavy atom. The van der Waals surface area contributed by atoms with Crippen LogP contribution >= 0.6 is 0 Å². The van der Waals surface area contributed by atoms with Crippen molar-refractivity contribution in [3.05, 3.63) is 0 Å². The molecule has 0 amide bonds. The van der Waals surface area contributed by atoms with Crippen molar-refractivity contribution in [2.24, 2.45) is 0 Å². The van der Waals surface area contributed by atoms with Crippen LogP contribution in [-0.4, -0.2) is 28.7 Å². The molecule has 0 aromatic carbocycles. The summed E-state index contributed by atoms with van der Waals surface area (Å²) in [5.74, 6) is -0.190. The largest absolute Gasteiger partial charge is 0.382 e. The minimum Gasteiger partial charge on any atom is -0.382 e. The lowest BCUT2D eigenvalue weighted by Gasteiger charge is -2.28. The Morgan fingerprint density at radius 2 is 1.62 bits per heavy atom. The molecule has 0 radical (unpaired) electrons. The van der Waals surface area contributed by atoms with Gasteiger partial charge in [-0.25, -0.2) is 0 Å². The van der Waals surface area contributed by atoms with Gasteiger partial charge in [0.15, 0.2) is 5.78 Å². The summed E-state index contributed by atoms with van der Waals surface area (Å²) in [6.07, 6.45) is 2.26. The molecule has 0 spiro atoms. The number of hydrogen-bond acceptors (Lipinski definition) is 3. The highest BCUT2D eigenvalue weighted by molar-refractivity contribution is 5.90. The van der Waals surface area contributed by atoms with E-state index in [2.05, 4.69) is 0 Å². The smallest absolute Gasteiger partial charge is 0.192 e. The van der Waals surface area contributed by atoms with Gasteiger partial charge in [0.2, 0.25) is 0 Å². The van der Waals surface area contributed by atoms with Crippen LogP contribution in [0, 0.1) is 0 Å². The predicted octanol–water partition coefficient (Wildman–Crippen LogP) is 2.70. The van der Waals surface area contributed by atoms with E-state index in [4.69, 9.17) is 4.74 Å². The van der Waals surface area contributed by atoms with Crippen molar-refractivity contribution in [3.8, 4) is 0 Å². The van der Waals surface area contributed by atoms with Crippen molar-refractivity contribution in [2.75, 3.05) is 0 Å². The van der Waals surface area contributed by atoms with Gasteiger partial charge in [0.05, 0.1) is 6.10 Å². The Hall–Kier alpha value is -0.410. The lowest BCUT2D eigenvalue weighted by molar-refractivity contribution is -0.153. The molecule has 0 saturated carbocycles. The molecular formula is C13H26O3. The number of ether oxygens (including phenoxy) is 1. The van der Waals surface area contributed by atoms with Gasteiger partial charge in [-0.1, -0.05) is 27.7 Å². The molecule has 0 aromatic rings. The molecule has 0 heterocycles. The first-order valence-corrected chi connectivity index (χ1v) is 6.37. The Balaban J connectivity index is 4.48. The van der Waals surface area contributed by atoms with Crippen LogP contribution in [-0.2, 0) is 9.53 Å². The molecule has 0 fully saturated rings. The Labute approximate surface area is 99.2 Å². The molecule has 16 heavy (non-hydrogen) atoms. The van der Waals surface area contributed by atoms with Crippen LogP contribution in [0.5, 0.6) is 0 Å². The molecule has 0 rings (SSSR count). The van der Waals surface area contributed by atoms with Gasteiger partial charge in [-0.2, -0.15) is 0 Å². The van der Waals surface area contributed by atoms with Crippen LogP contribution in [0.3, 0.4) is 0 Å². The van der Waals surface area contributed by atoms with Crippen molar-refractivity contribution in [1.29, 1.82) is 0 Å². The molecule has 0 aliphatic rings. The van der Waals surface area contributed by atoms with Crippen molar-refractivity contribution in [2.45, 2.75) is 78.1 Å². The number of carbonyl (C=O) groups excluding carboxylic acids is 1. The third-order valence-electron chi connectivity index (χ3n) is 3.30. The first-order chi connectivity index (χ1) is 7.45. The fourth-order valence-corrected chi connectivity index (χ4v) is 1.81. The van der Waals surface area contributed by atoms with Crippen LogP contribution in [0.4, 0.5) is 0 Å². The normalized spacial score (nSPS) is 14.2. The SMILES string of the molecule is CCC(CC)OC(C)C(=O)C(O)(CC)CC. The summed E-state index contributed by atoms with van der Waals surface area (Å²) >= 11 is 0. The maximum atomic E-state index is 12.0. The highest BCUT2D eigenvalue weighted by Gasteiger charge is 2.36. The lowest BCUT2D eigenvalue weighted by Crippen LogP contribution is -2.45. The molecule has 3 nitrogen and oxygen atoms in total. The van der Waals surface area contributed by atoms with Crippen molar-refractivity contribution in [1.82, 2.24) is 0 Å². The van der Waals surface area contributed by atoms with Gasteiger partial charge < -0.3 is 9.84 Å². The Bertz CT molecular complexity index is 205. The van der Waals surface area contributed by atoms with E-state index in [1.165, 1.54) is 0 Å². The molecule has 0 aliphatic carbocycles. The van der Waals surface area contributed by atoms with Gasteiger partial charge in [-0.15, -0.1) is 0 Å². The zero-order valence-electron chi connectivity index (χ0n) is 11.2. The number of Topliss-reactive ketones (excluding diaryl/α,β-unsaturated/α-hetero) is 1. The second kappa shape index (κ2) is 7.02. The van der Waals surface area contributed by atoms with Gasteiger partial charge in [-0.3, -0.25) is 4.79 Å². The Morgan fingerprint density at radius 3 is 1.94 bits per heavy atom.